The van der Waals surface area contributed by atoms with Crippen molar-refractivity contribution in [1.82, 2.24) is 0 Å². The summed E-state index contributed by atoms with van der Waals surface area (Å²) in [5, 5.41) is 13.0. The molecule has 0 aliphatic rings. The first-order valence-corrected chi connectivity index (χ1v) is 7.46. The van der Waals surface area contributed by atoms with Crippen LogP contribution in [0.5, 0.6) is 0 Å². The number of halogens is 1. The highest BCUT2D eigenvalue weighted by molar-refractivity contribution is 5.96. The average Bonchev–Trinajstić information content (AvgIpc) is 2.61. The van der Waals surface area contributed by atoms with Crippen LogP contribution in [-0.2, 0) is 9.53 Å². The van der Waals surface area contributed by atoms with Crippen molar-refractivity contribution < 1.29 is 23.6 Å². The Hall–Kier alpha value is -3.49. The van der Waals surface area contributed by atoms with Crippen LogP contribution in [0.25, 0.3) is 0 Å². The van der Waals surface area contributed by atoms with Crippen LogP contribution in [0.15, 0.2) is 42.5 Å². The lowest BCUT2D eigenvalue weighted by atomic mass is 10.2. The van der Waals surface area contributed by atoms with E-state index in [0.29, 0.717) is 0 Å². The lowest BCUT2D eigenvalue weighted by molar-refractivity contribution is -0.387. The molecule has 0 heterocycles. The van der Waals surface area contributed by atoms with Crippen LogP contribution in [0, 0.1) is 15.9 Å². The second-order valence-corrected chi connectivity index (χ2v) is 5.49. The van der Waals surface area contributed by atoms with Crippen LogP contribution in [0.4, 0.5) is 21.5 Å². The van der Waals surface area contributed by atoms with E-state index in [2.05, 4.69) is 5.32 Å². The fraction of sp³-hybridized carbons (Fsp3) is 0.176. The van der Waals surface area contributed by atoms with Crippen LogP contribution < -0.4 is 10.2 Å². The van der Waals surface area contributed by atoms with Gasteiger partial charge in [-0.2, -0.15) is 4.39 Å². The molecule has 0 aliphatic carbocycles. The Morgan fingerprint density at radius 1 is 1.23 bits per heavy atom. The van der Waals surface area contributed by atoms with Crippen molar-refractivity contribution >= 4 is 28.9 Å². The van der Waals surface area contributed by atoms with E-state index in [9.17, 15) is 24.1 Å². The lowest BCUT2D eigenvalue weighted by Crippen LogP contribution is -2.21. The zero-order chi connectivity index (χ0) is 19.3. The minimum Gasteiger partial charge on any atom is -0.452 e. The summed E-state index contributed by atoms with van der Waals surface area (Å²) in [6, 6.07) is 9.58. The number of nitro benzene ring substituents is 1. The van der Waals surface area contributed by atoms with Crippen molar-refractivity contribution in [2.24, 2.45) is 0 Å². The summed E-state index contributed by atoms with van der Waals surface area (Å²) in [7, 11) is 3.64. The van der Waals surface area contributed by atoms with Crippen LogP contribution in [0.3, 0.4) is 0 Å². The molecule has 0 atom stereocenters. The van der Waals surface area contributed by atoms with Crippen LogP contribution in [0.2, 0.25) is 0 Å². The number of anilines is 2. The maximum Gasteiger partial charge on any atom is 0.338 e. The third kappa shape index (κ3) is 4.76. The van der Waals surface area contributed by atoms with Crippen LogP contribution in [-0.4, -0.2) is 37.5 Å². The van der Waals surface area contributed by atoms with Gasteiger partial charge in [0.05, 0.1) is 10.5 Å². The Labute approximate surface area is 148 Å². The zero-order valence-electron chi connectivity index (χ0n) is 14.1. The van der Waals surface area contributed by atoms with Crippen LogP contribution in [0.1, 0.15) is 10.4 Å². The van der Waals surface area contributed by atoms with Crippen molar-refractivity contribution in [3.8, 4) is 0 Å². The largest absolute Gasteiger partial charge is 0.452 e. The predicted octanol–water partition coefficient (Wildman–Crippen LogP) is 2.60. The third-order valence-corrected chi connectivity index (χ3v) is 3.36. The van der Waals surface area contributed by atoms with E-state index < -0.39 is 34.9 Å². The highest BCUT2D eigenvalue weighted by atomic mass is 19.1. The number of nitrogens with one attached hydrogen (secondary N) is 1. The fourth-order valence-corrected chi connectivity index (χ4v) is 2.05. The lowest BCUT2D eigenvalue weighted by Gasteiger charge is -2.13. The highest BCUT2D eigenvalue weighted by Crippen LogP contribution is 2.21. The van der Waals surface area contributed by atoms with E-state index in [1.54, 1.807) is 18.2 Å². The van der Waals surface area contributed by atoms with Gasteiger partial charge in [-0.25, -0.2) is 4.79 Å². The highest BCUT2D eigenvalue weighted by Gasteiger charge is 2.16. The molecule has 0 fully saturated rings. The van der Waals surface area contributed by atoms with Gasteiger partial charge in [-0.05, 0) is 30.3 Å². The number of rotatable bonds is 6. The Morgan fingerprint density at radius 3 is 2.62 bits per heavy atom. The van der Waals surface area contributed by atoms with E-state index >= 15 is 0 Å². The maximum absolute atomic E-state index is 13.3. The molecule has 0 radical (unpaired) electrons. The first kappa shape index (κ1) is 18.8. The summed E-state index contributed by atoms with van der Waals surface area (Å²) in [5.41, 5.74) is 0.331. The summed E-state index contributed by atoms with van der Waals surface area (Å²) in [6.45, 7) is -0.587. The normalized spacial score (nSPS) is 10.1. The molecule has 0 bridgehead atoms. The van der Waals surface area contributed by atoms with E-state index in [-0.39, 0.29) is 11.3 Å². The molecular weight excluding hydrogens is 345 g/mol. The molecule has 9 heteroatoms. The molecule has 0 unspecified atom stereocenters. The van der Waals surface area contributed by atoms with Gasteiger partial charge in [-0.15, -0.1) is 0 Å². The zero-order valence-corrected chi connectivity index (χ0v) is 14.1. The molecule has 2 aromatic carbocycles. The predicted molar refractivity (Wildman–Crippen MR) is 92.7 cm³/mol. The Morgan fingerprint density at radius 2 is 1.96 bits per heavy atom. The van der Waals surface area contributed by atoms with Crippen LogP contribution >= 0.6 is 0 Å². The van der Waals surface area contributed by atoms with Crippen molar-refractivity contribution in [2.45, 2.75) is 0 Å². The minimum absolute atomic E-state index is 0.0220. The molecule has 2 rings (SSSR count). The summed E-state index contributed by atoms with van der Waals surface area (Å²) in [6.07, 6.45) is 0. The van der Waals surface area contributed by atoms with Gasteiger partial charge < -0.3 is 15.0 Å². The summed E-state index contributed by atoms with van der Waals surface area (Å²) < 4.78 is 18.2. The quantitative estimate of drug-likeness (QED) is 0.482. The van der Waals surface area contributed by atoms with Gasteiger partial charge in [-0.3, -0.25) is 14.9 Å². The molecule has 0 spiro atoms. The molecule has 0 saturated heterocycles. The van der Waals surface area contributed by atoms with Gasteiger partial charge in [0.2, 0.25) is 5.82 Å². The standard InChI is InChI=1S/C17H16FN3O5/c1-20(2)13-5-3-4-11(8-13)17(23)26-10-16(22)19-12-6-7-14(18)15(9-12)21(24)25/h3-9H,10H2,1-2H3,(H,19,22). The number of ether oxygens (including phenoxy) is 1. The molecule has 0 aliphatic heterocycles. The number of hydrogen-bond donors (Lipinski definition) is 1. The van der Waals surface area contributed by atoms with Gasteiger partial charge >= 0.3 is 11.7 Å². The number of esters is 1. The molecule has 1 N–H and O–H groups in total. The molecule has 0 aromatic heterocycles. The summed E-state index contributed by atoms with van der Waals surface area (Å²) in [5.74, 6) is -2.41. The maximum atomic E-state index is 13.3. The van der Waals surface area contributed by atoms with Gasteiger partial charge in [0.25, 0.3) is 5.91 Å². The number of carbonyl (C=O) groups is 2. The van der Waals surface area contributed by atoms with Gasteiger partial charge in [0.1, 0.15) is 0 Å². The molecule has 1 amide bonds. The van der Waals surface area contributed by atoms with Crippen molar-refractivity contribution in [2.75, 3.05) is 30.9 Å². The number of carbonyl (C=O) groups excluding carboxylic acids is 2. The average molecular weight is 361 g/mol. The van der Waals surface area contributed by atoms with E-state index in [4.69, 9.17) is 4.74 Å². The van der Waals surface area contributed by atoms with Gasteiger partial charge in [0.15, 0.2) is 6.61 Å². The smallest absolute Gasteiger partial charge is 0.338 e. The first-order valence-electron chi connectivity index (χ1n) is 7.46. The Bertz CT molecular complexity index is 854. The van der Waals surface area contributed by atoms with E-state index in [0.717, 1.165) is 17.8 Å². The molecular formula is C17H16FN3O5. The number of amides is 1. The number of nitrogens with zero attached hydrogens (tertiary/aromatic N) is 2. The first-order chi connectivity index (χ1) is 12.3. The number of nitro groups is 1. The Balaban J connectivity index is 1.96. The molecule has 8 nitrogen and oxygen atoms in total. The Kier molecular flexibility index (Phi) is 5.84. The van der Waals surface area contributed by atoms with Crippen molar-refractivity contribution in [3.05, 3.63) is 64.0 Å². The summed E-state index contributed by atoms with van der Waals surface area (Å²) in [4.78, 5) is 35.4. The molecule has 136 valence electrons. The van der Waals surface area contributed by atoms with Crippen molar-refractivity contribution in [3.63, 3.8) is 0 Å². The molecule has 0 saturated carbocycles. The third-order valence-electron chi connectivity index (χ3n) is 3.36. The molecule has 26 heavy (non-hydrogen) atoms. The summed E-state index contributed by atoms with van der Waals surface area (Å²) >= 11 is 0. The van der Waals surface area contributed by atoms with Gasteiger partial charge in [-0.1, -0.05) is 6.07 Å². The second kappa shape index (κ2) is 8.06. The number of benzene rings is 2. The van der Waals surface area contributed by atoms with E-state index in [1.165, 1.54) is 6.07 Å². The van der Waals surface area contributed by atoms with Crippen molar-refractivity contribution in [1.29, 1.82) is 0 Å². The molecule has 2 aromatic rings. The fourth-order valence-electron chi connectivity index (χ4n) is 2.05. The SMILES string of the molecule is CN(C)c1cccc(C(=O)OCC(=O)Nc2ccc(F)c([N+](=O)[O-])c2)c1. The topological polar surface area (TPSA) is 102 Å². The second-order valence-electron chi connectivity index (χ2n) is 5.49. The minimum atomic E-state index is -1.01. The number of hydrogen-bond acceptors (Lipinski definition) is 6. The van der Waals surface area contributed by atoms with E-state index in [1.807, 2.05) is 25.1 Å². The van der Waals surface area contributed by atoms with Gasteiger partial charge in [0, 0.05) is 31.5 Å². The monoisotopic (exact) mass is 361 g/mol.